The van der Waals surface area contributed by atoms with Crippen LogP contribution in [0.2, 0.25) is 0 Å². The molecule has 0 fully saturated rings. The van der Waals surface area contributed by atoms with Gasteiger partial charge in [-0.05, 0) is 80.0 Å². The van der Waals surface area contributed by atoms with Crippen molar-refractivity contribution in [2.45, 2.75) is 118 Å². The Balaban J connectivity index is 0.527. The van der Waals surface area contributed by atoms with Crippen LogP contribution in [0.15, 0.2) is 163 Å². The summed E-state index contributed by atoms with van der Waals surface area (Å²) < 4.78 is 71.0. The van der Waals surface area contributed by atoms with Gasteiger partial charge in [-0.3, -0.25) is 0 Å². The van der Waals surface area contributed by atoms with Crippen LogP contribution in [0, 0.1) is 0 Å². The van der Waals surface area contributed by atoms with Gasteiger partial charge in [-0.2, -0.15) is 0 Å². The average Bonchev–Trinajstić information content (AvgIpc) is 1.68. The quantitative estimate of drug-likeness (QED) is 0.0262. The lowest BCUT2D eigenvalue weighted by Crippen LogP contribution is -2.34. The highest BCUT2D eigenvalue weighted by Gasteiger charge is 2.23. The molecule has 0 bridgehead atoms. The zero-order valence-electron chi connectivity index (χ0n) is 58.0. The number of aryl methyl sites for hydroxylation is 4. The molecule has 0 atom stereocenters. The third kappa shape index (κ3) is 22.7. The number of benzene rings is 4. The molecule has 522 valence electrons. The van der Waals surface area contributed by atoms with Crippen LogP contribution in [0.5, 0.6) is 23.0 Å². The van der Waals surface area contributed by atoms with Crippen LogP contribution in [0.4, 0.5) is 0 Å². The third-order valence-electron chi connectivity index (χ3n) is 16.3. The SMILES string of the molecule is CC(C)c1cccc(C(C)C)c1OCCOCCOCC1=CS/C(=C2\SC=C(COCCOCCn3cc(CC[n+]4ccc(-c5cc[n+](CCc6cn(CCOCCOc7cccc8c(OCCOCCOc9c(C(C)C)cccc9C(C)C)cccc78)nn6)cc5)cc4)nn3)S2)S1. The number of para-hydroxylation sites is 2. The molecule has 4 aromatic heterocycles. The largest absolute Gasteiger partial charge is 0.491 e. The molecule has 0 amide bonds. The Kier molecular flexibility index (Phi) is 29.7. The van der Waals surface area contributed by atoms with Crippen molar-refractivity contribution < 1.29 is 56.5 Å². The van der Waals surface area contributed by atoms with Crippen molar-refractivity contribution in [1.82, 2.24) is 30.0 Å². The first kappa shape index (κ1) is 74.0. The smallest absolute Gasteiger partial charge is 0.169 e. The summed E-state index contributed by atoms with van der Waals surface area (Å²) in [4.78, 5) is 2.42. The molecule has 6 heterocycles. The Morgan fingerprint density at radius 1 is 0.388 bits per heavy atom. The van der Waals surface area contributed by atoms with Gasteiger partial charge in [0.05, 0.1) is 125 Å². The first-order valence-corrected chi connectivity index (χ1v) is 37.6. The van der Waals surface area contributed by atoms with E-state index in [-0.39, 0.29) is 0 Å². The van der Waals surface area contributed by atoms with Crippen LogP contribution in [-0.4, -0.2) is 136 Å². The minimum Gasteiger partial charge on any atom is -0.491 e. The van der Waals surface area contributed by atoms with Crippen molar-refractivity contribution in [1.29, 1.82) is 0 Å². The second-order valence-corrected chi connectivity index (χ2v) is 29.5. The summed E-state index contributed by atoms with van der Waals surface area (Å²) in [5, 5.41) is 23.9. The van der Waals surface area contributed by atoms with Crippen LogP contribution in [0.3, 0.4) is 0 Å². The maximum absolute atomic E-state index is 6.27. The number of nitrogens with zero attached hydrogens (tertiary/aromatic N) is 8. The van der Waals surface area contributed by atoms with E-state index in [4.69, 9.17) is 47.4 Å². The topological polar surface area (TPSA) is 161 Å². The fourth-order valence-electron chi connectivity index (χ4n) is 11.0. The van der Waals surface area contributed by atoms with Crippen LogP contribution >= 0.6 is 47.0 Å². The fourth-order valence-corrected chi connectivity index (χ4v) is 15.8. The molecule has 0 saturated carbocycles. The summed E-state index contributed by atoms with van der Waals surface area (Å²) in [6.45, 7) is 28.5. The van der Waals surface area contributed by atoms with Crippen molar-refractivity contribution in [3.63, 3.8) is 0 Å². The number of hydrogen-bond donors (Lipinski definition) is 0. The zero-order chi connectivity index (χ0) is 68.3. The number of aromatic nitrogens is 8. The fraction of sp³-hybridized carbons (Fsp3) is 0.447. The van der Waals surface area contributed by atoms with Gasteiger partial charge in [-0.1, -0.05) is 174 Å². The van der Waals surface area contributed by atoms with Gasteiger partial charge < -0.3 is 47.4 Å². The van der Waals surface area contributed by atoms with Gasteiger partial charge in [0.2, 0.25) is 0 Å². The summed E-state index contributed by atoms with van der Waals surface area (Å²) in [5.41, 5.74) is 9.14. The number of fused-ring (bicyclic) bond motifs is 1. The highest BCUT2D eigenvalue weighted by atomic mass is 32.2. The molecule has 22 heteroatoms. The standard InChI is InChI=1S/C76H96N8O10S4/c1-55(2)65-13-9-14-66(56(3)4)73(65)93-47-43-87-38-40-90-52-64-54-96-76(98-64)75-95-53-63(97-75)51-89-39-37-85-35-33-83-49-61(77-79-83)25-31-81-27-21-59(22-28-81)60-23-29-82(30-24-60)32-26-62-50-84(80-78-62)34-36-86-41-45-91-71-19-11-18-70-69(71)17-12-20-72(70)92-46-42-88-44-48-94-74-67(57(5)6)15-10-16-68(74)58(7)8/h9-24,27-30,49-50,53-58H,25-26,31-48,51-52H2,1-8H3/q+2/b76-75-. The van der Waals surface area contributed by atoms with E-state index in [9.17, 15) is 0 Å². The van der Waals surface area contributed by atoms with Gasteiger partial charge >= 0.3 is 0 Å². The lowest BCUT2D eigenvalue weighted by atomic mass is 9.94. The van der Waals surface area contributed by atoms with Crippen molar-refractivity contribution in [3.05, 3.63) is 197 Å². The number of thioether (sulfide) groups is 4. The molecular weight excluding hydrogens is 1310 g/mol. The summed E-state index contributed by atoms with van der Waals surface area (Å²) >= 11 is 7.10. The molecule has 10 rings (SSSR count). The second kappa shape index (κ2) is 39.3. The minimum absolute atomic E-state index is 0.381. The van der Waals surface area contributed by atoms with Crippen molar-refractivity contribution >= 4 is 57.8 Å². The summed E-state index contributed by atoms with van der Waals surface area (Å²) in [6.07, 6.45) is 14.0. The summed E-state index contributed by atoms with van der Waals surface area (Å²) in [7, 11) is 0. The van der Waals surface area contributed by atoms with Gasteiger partial charge in [-0.15, -0.1) is 10.2 Å². The lowest BCUT2D eigenvalue weighted by Gasteiger charge is -2.20. The van der Waals surface area contributed by atoms with Gasteiger partial charge in [0.15, 0.2) is 37.9 Å². The lowest BCUT2D eigenvalue weighted by molar-refractivity contribution is -0.696. The molecule has 2 aliphatic heterocycles. The molecule has 0 saturated heterocycles. The van der Waals surface area contributed by atoms with Gasteiger partial charge in [0.1, 0.15) is 49.4 Å². The van der Waals surface area contributed by atoms with Gasteiger partial charge in [0.25, 0.3) is 0 Å². The highest BCUT2D eigenvalue weighted by molar-refractivity contribution is 8.33. The predicted octanol–water partition coefficient (Wildman–Crippen LogP) is 14.7. The Morgan fingerprint density at radius 3 is 1.12 bits per heavy atom. The molecule has 4 aromatic carbocycles. The van der Waals surface area contributed by atoms with Gasteiger partial charge in [-0.25, -0.2) is 18.5 Å². The summed E-state index contributed by atoms with van der Waals surface area (Å²) in [5.74, 6) is 5.14. The molecule has 2 aliphatic rings. The summed E-state index contributed by atoms with van der Waals surface area (Å²) in [6, 6.07) is 33.5. The van der Waals surface area contributed by atoms with Crippen molar-refractivity contribution in [2.24, 2.45) is 0 Å². The van der Waals surface area contributed by atoms with E-state index in [1.807, 2.05) is 58.2 Å². The molecule has 0 radical (unpaired) electrons. The van der Waals surface area contributed by atoms with Crippen LogP contribution in [-0.2, 0) is 67.4 Å². The Labute approximate surface area is 595 Å². The zero-order valence-corrected chi connectivity index (χ0v) is 61.3. The van der Waals surface area contributed by atoms with E-state index in [1.54, 1.807) is 47.0 Å². The molecule has 18 nitrogen and oxygen atoms in total. The molecule has 0 N–H and O–H groups in total. The van der Waals surface area contributed by atoms with E-state index in [0.717, 1.165) is 82.2 Å². The normalized spacial score (nSPS) is 14.0. The van der Waals surface area contributed by atoms with Crippen LogP contribution in [0.1, 0.15) is 113 Å². The van der Waals surface area contributed by atoms with Crippen molar-refractivity contribution in [2.75, 3.05) is 106 Å². The van der Waals surface area contributed by atoms with Gasteiger partial charge in [0, 0.05) is 57.2 Å². The maximum Gasteiger partial charge on any atom is 0.169 e. The first-order chi connectivity index (χ1) is 47.9. The second-order valence-electron chi connectivity index (χ2n) is 25.0. The Morgan fingerprint density at radius 2 is 0.735 bits per heavy atom. The monoisotopic (exact) mass is 1410 g/mol. The van der Waals surface area contributed by atoms with E-state index in [1.165, 1.54) is 40.5 Å². The van der Waals surface area contributed by atoms with E-state index >= 15 is 0 Å². The molecule has 0 spiro atoms. The molecular formula is C76H96N8O10S4+2. The minimum atomic E-state index is 0.381. The first-order valence-electron chi connectivity index (χ1n) is 34.2. The molecule has 0 aliphatic carbocycles. The third-order valence-corrected chi connectivity index (χ3v) is 21.6. The maximum atomic E-state index is 6.27. The number of ether oxygens (including phenoxy) is 10. The average molecular weight is 1410 g/mol. The predicted molar refractivity (Wildman–Crippen MR) is 393 cm³/mol. The Hall–Kier alpha value is -6.70. The van der Waals surface area contributed by atoms with E-state index in [2.05, 4.69) is 181 Å². The Bertz CT molecular complexity index is 3810. The van der Waals surface area contributed by atoms with E-state index in [0.29, 0.717) is 142 Å². The molecule has 0 unspecified atom stereocenters. The van der Waals surface area contributed by atoms with E-state index < -0.39 is 0 Å². The van der Waals surface area contributed by atoms with Crippen LogP contribution in [0.25, 0.3) is 21.9 Å². The number of hydrogen-bond acceptors (Lipinski definition) is 18. The molecule has 8 aromatic rings. The van der Waals surface area contributed by atoms with Crippen LogP contribution < -0.4 is 28.1 Å². The number of pyridine rings is 2. The molecule has 98 heavy (non-hydrogen) atoms. The number of rotatable bonds is 43. The van der Waals surface area contributed by atoms with Crippen molar-refractivity contribution in [3.8, 4) is 34.1 Å². The highest BCUT2D eigenvalue weighted by Crippen LogP contribution is 2.55.